The number of nitrogens with one attached hydrogen (secondary N) is 1. The fourth-order valence-electron chi connectivity index (χ4n) is 1.92. The van der Waals surface area contributed by atoms with Gasteiger partial charge in [-0.05, 0) is 19.1 Å². The van der Waals surface area contributed by atoms with E-state index in [1.165, 1.54) is 4.88 Å². The van der Waals surface area contributed by atoms with Crippen molar-refractivity contribution in [2.45, 2.75) is 13.5 Å². The number of nitrogens with zero attached hydrogens (tertiary/aromatic N) is 4. The lowest BCUT2D eigenvalue weighted by Crippen LogP contribution is -1.97. The van der Waals surface area contributed by atoms with Crippen LogP contribution in [0, 0.1) is 6.92 Å². The van der Waals surface area contributed by atoms with Gasteiger partial charge < -0.3 is 5.32 Å². The molecule has 0 aliphatic carbocycles. The van der Waals surface area contributed by atoms with Gasteiger partial charge in [0.05, 0.1) is 11.6 Å². The van der Waals surface area contributed by atoms with E-state index < -0.39 is 0 Å². The Balaban J connectivity index is 1.74. The number of rotatable bonds is 4. The molecule has 0 aliphatic rings. The molecule has 3 aromatic rings. The highest BCUT2D eigenvalue weighted by Gasteiger charge is 2.04. The van der Waals surface area contributed by atoms with E-state index in [9.17, 15) is 0 Å². The minimum absolute atomic E-state index is 0.741. The van der Waals surface area contributed by atoms with Crippen molar-refractivity contribution in [2.75, 3.05) is 5.32 Å². The predicted octanol–water partition coefficient (Wildman–Crippen LogP) is 2.86. The standard InChI is InChI=1S/C14H15N5S/c1-10-15-7-13(20-10)8-16-12-5-3-4-11(6-12)14-17-9-19(2)18-14/h3-7,9,16H,8H2,1-2H3. The summed E-state index contributed by atoms with van der Waals surface area (Å²) in [6, 6.07) is 8.12. The smallest absolute Gasteiger partial charge is 0.181 e. The Bertz CT molecular complexity index is 716. The highest BCUT2D eigenvalue weighted by atomic mass is 32.1. The molecule has 1 N–H and O–H groups in total. The first kappa shape index (κ1) is 12.8. The van der Waals surface area contributed by atoms with Crippen LogP contribution in [0.3, 0.4) is 0 Å². The lowest BCUT2D eigenvalue weighted by molar-refractivity contribution is 0.768. The highest BCUT2D eigenvalue weighted by molar-refractivity contribution is 7.11. The van der Waals surface area contributed by atoms with Crippen LogP contribution >= 0.6 is 11.3 Å². The predicted molar refractivity (Wildman–Crippen MR) is 80.6 cm³/mol. The molecule has 0 saturated carbocycles. The fourth-order valence-corrected chi connectivity index (χ4v) is 2.65. The molecule has 0 radical (unpaired) electrons. The molecule has 2 aromatic heterocycles. The zero-order valence-corrected chi connectivity index (χ0v) is 12.2. The van der Waals surface area contributed by atoms with E-state index in [-0.39, 0.29) is 0 Å². The molecule has 5 nitrogen and oxygen atoms in total. The summed E-state index contributed by atoms with van der Waals surface area (Å²) in [4.78, 5) is 9.74. The molecule has 0 saturated heterocycles. The number of anilines is 1. The summed E-state index contributed by atoms with van der Waals surface area (Å²) in [5.41, 5.74) is 2.07. The lowest BCUT2D eigenvalue weighted by atomic mass is 10.2. The third-order valence-corrected chi connectivity index (χ3v) is 3.77. The summed E-state index contributed by atoms with van der Waals surface area (Å²) in [6.45, 7) is 2.80. The van der Waals surface area contributed by atoms with Crippen molar-refractivity contribution in [2.24, 2.45) is 7.05 Å². The van der Waals surface area contributed by atoms with Crippen molar-refractivity contribution in [1.82, 2.24) is 19.7 Å². The van der Waals surface area contributed by atoms with E-state index in [1.807, 2.05) is 38.4 Å². The van der Waals surface area contributed by atoms with Crippen LogP contribution in [0.2, 0.25) is 0 Å². The zero-order chi connectivity index (χ0) is 13.9. The van der Waals surface area contributed by atoms with Crippen molar-refractivity contribution in [3.05, 3.63) is 46.7 Å². The van der Waals surface area contributed by atoms with Crippen LogP contribution in [0.4, 0.5) is 5.69 Å². The first-order valence-electron chi connectivity index (χ1n) is 6.32. The monoisotopic (exact) mass is 285 g/mol. The van der Waals surface area contributed by atoms with E-state index >= 15 is 0 Å². The van der Waals surface area contributed by atoms with Crippen molar-refractivity contribution in [1.29, 1.82) is 0 Å². The maximum atomic E-state index is 4.31. The van der Waals surface area contributed by atoms with Crippen LogP contribution in [-0.2, 0) is 13.6 Å². The number of aromatic nitrogens is 4. The second-order valence-corrected chi connectivity index (χ2v) is 5.84. The third kappa shape index (κ3) is 2.85. The third-order valence-electron chi connectivity index (χ3n) is 2.86. The SMILES string of the molecule is Cc1ncc(CNc2cccc(-c3ncn(C)n3)c2)s1. The molecule has 0 unspecified atom stereocenters. The summed E-state index contributed by atoms with van der Waals surface area (Å²) < 4.78 is 1.70. The van der Waals surface area contributed by atoms with E-state index in [0.717, 1.165) is 28.6 Å². The molecule has 0 aliphatic heterocycles. The van der Waals surface area contributed by atoms with Gasteiger partial charge in [0.15, 0.2) is 5.82 Å². The molecular weight excluding hydrogens is 270 g/mol. The van der Waals surface area contributed by atoms with E-state index in [2.05, 4.69) is 26.4 Å². The van der Waals surface area contributed by atoms with Gasteiger partial charge >= 0.3 is 0 Å². The Labute approximate surface area is 121 Å². The molecule has 0 atom stereocenters. The van der Waals surface area contributed by atoms with Gasteiger partial charge in [0.25, 0.3) is 0 Å². The summed E-state index contributed by atoms with van der Waals surface area (Å²) in [5, 5.41) is 8.80. The van der Waals surface area contributed by atoms with Crippen molar-refractivity contribution >= 4 is 17.0 Å². The molecule has 0 bridgehead atoms. The molecule has 0 amide bonds. The highest BCUT2D eigenvalue weighted by Crippen LogP contribution is 2.20. The van der Waals surface area contributed by atoms with Crippen LogP contribution in [0.25, 0.3) is 11.4 Å². The molecule has 102 valence electrons. The van der Waals surface area contributed by atoms with Crippen molar-refractivity contribution in [3.63, 3.8) is 0 Å². The first-order chi connectivity index (χ1) is 9.70. The molecule has 1 aromatic carbocycles. The van der Waals surface area contributed by atoms with Crippen LogP contribution in [0.5, 0.6) is 0 Å². The molecule has 20 heavy (non-hydrogen) atoms. The largest absolute Gasteiger partial charge is 0.380 e. The van der Waals surface area contributed by atoms with Gasteiger partial charge in [0, 0.05) is 29.4 Å². The first-order valence-corrected chi connectivity index (χ1v) is 7.13. The average Bonchev–Trinajstić information content (AvgIpc) is 3.06. The van der Waals surface area contributed by atoms with Gasteiger partial charge in [-0.15, -0.1) is 11.3 Å². The van der Waals surface area contributed by atoms with Crippen LogP contribution in [-0.4, -0.2) is 19.7 Å². The van der Waals surface area contributed by atoms with Gasteiger partial charge in [-0.2, -0.15) is 5.10 Å². The van der Waals surface area contributed by atoms with Gasteiger partial charge in [-0.3, -0.25) is 4.68 Å². The van der Waals surface area contributed by atoms with Crippen LogP contribution in [0.1, 0.15) is 9.88 Å². The Hall–Kier alpha value is -2.21. The quantitative estimate of drug-likeness (QED) is 0.801. The van der Waals surface area contributed by atoms with Gasteiger partial charge in [-0.25, -0.2) is 9.97 Å². The zero-order valence-electron chi connectivity index (χ0n) is 11.4. The topological polar surface area (TPSA) is 55.6 Å². The Kier molecular flexibility index (Phi) is 3.47. The molecule has 2 heterocycles. The summed E-state index contributed by atoms with van der Waals surface area (Å²) in [5.74, 6) is 0.741. The second-order valence-electron chi connectivity index (χ2n) is 4.52. The molecule has 0 fully saturated rings. The lowest BCUT2D eigenvalue weighted by Gasteiger charge is -2.05. The Morgan fingerprint density at radius 2 is 2.20 bits per heavy atom. The van der Waals surface area contributed by atoms with E-state index in [4.69, 9.17) is 0 Å². The van der Waals surface area contributed by atoms with Crippen LogP contribution in [0.15, 0.2) is 36.8 Å². The van der Waals surface area contributed by atoms with Gasteiger partial charge in [-0.1, -0.05) is 12.1 Å². The fraction of sp³-hybridized carbons (Fsp3) is 0.214. The van der Waals surface area contributed by atoms with Crippen molar-refractivity contribution < 1.29 is 0 Å². The second kappa shape index (κ2) is 5.42. The van der Waals surface area contributed by atoms with Crippen LogP contribution < -0.4 is 5.32 Å². The molecule has 0 spiro atoms. The maximum absolute atomic E-state index is 4.31. The minimum Gasteiger partial charge on any atom is -0.380 e. The Morgan fingerprint density at radius 1 is 1.30 bits per heavy atom. The minimum atomic E-state index is 0.741. The van der Waals surface area contributed by atoms with Crippen molar-refractivity contribution in [3.8, 4) is 11.4 Å². The molecular formula is C14H15N5S. The average molecular weight is 285 g/mol. The van der Waals surface area contributed by atoms with E-state index in [1.54, 1.807) is 22.3 Å². The number of benzene rings is 1. The molecule has 3 rings (SSSR count). The maximum Gasteiger partial charge on any atom is 0.181 e. The molecule has 6 heteroatoms. The summed E-state index contributed by atoms with van der Waals surface area (Å²) >= 11 is 1.71. The Morgan fingerprint density at radius 3 is 2.90 bits per heavy atom. The van der Waals surface area contributed by atoms with Gasteiger partial charge in [0.2, 0.25) is 0 Å². The number of aryl methyl sites for hydroxylation is 2. The van der Waals surface area contributed by atoms with Gasteiger partial charge in [0.1, 0.15) is 6.33 Å². The van der Waals surface area contributed by atoms with E-state index in [0.29, 0.717) is 0 Å². The summed E-state index contributed by atoms with van der Waals surface area (Å²) in [6.07, 6.45) is 3.62. The summed E-state index contributed by atoms with van der Waals surface area (Å²) in [7, 11) is 1.87. The number of hydrogen-bond acceptors (Lipinski definition) is 5. The number of thiazole rings is 1. The number of hydrogen-bond donors (Lipinski definition) is 1. The normalized spacial score (nSPS) is 10.7.